The Hall–Kier alpha value is -3.65. The number of aromatic nitrogens is 4. The maximum absolute atomic E-state index is 12.7. The largest absolute Gasteiger partial charge is 0.493 e. The number of rotatable bonds is 7. The van der Waals surface area contributed by atoms with Crippen LogP contribution in [0.5, 0.6) is 5.75 Å². The molecule has 0 spiro atoms. The highest BCUT2D eigenvalue weighted by atomic mass is 35.5. The van der Waals surface area contributed by atoms with Crippen molar-refractivity contribution in [1.29, 1.82) is 0 Å². The zero-order valence-corrected chi connectivity index (χ0v) is 17.7. The fourth-order valence-corrected chi connectivity index (χ4v) is 3.38. The summed E-state index contributed by atoms with van der Waals surface area (Å²) in [5.41, 5.74) is 2.07. The van der Waals surface area contributed by atoms with E-state index in [-0.39, 0.29) is 23.2 Å². The van der Waals surface area contributed by atoms with E-state index in [4.69, 9.17) is 25.6 Å². The second-order valence-corrected chi connectivity index (χ2v) is 6.87. The van der Waals surface area contributed by atoms with Gasteiger partial charge in [0.1, 0.15) is 16.5 Å². The van der Waals surface area contributed by atoms with Crippen molar-refractivity contribution in [3.8, 4) is 22.8 Å². The standard InChI is InChI=1S/C22H19ClN4O4/c1-3-29-17-12-8-7-11-16(17)21-24-18(31-26-21)13-30-22(28)19-14(2)25-27(20(19)23)15-9-5-4-6-10-15/h4-12H,3,13H2,1-2H3. The minimum Gasteiger partial charge on any atom is -0.493 e. The molecule has 0 N–H and O–H groups in total. The fourth-order valence-electron chi connectivity index (χ4n) is 3.03. The summed E-state index contributed by atoms with van der Waals surface area (Å²) in [6.07, 6.45) is 0. The van der Waals surface area contributed by atoms with Gasteiger partial charge in [-0.3, -0.25) is 0 Å². The van der Waals surface area contributed by atoms with Gasteiger partial charge in [-0.25, -0.2) is 9.48 Å². The highest BCUT2D eigenvalue weighted by Crippen LogP contribution is 2.28. The lowest BCUT2D eigenvalue weighted by atomic mass is 10.2. The van der Waals surface area contributed by atoms with Crippen molar-refractivity contribution in [2.24, 2.45) is 0 Å². The maximum Gasteiger partial charge on any atom is 0.343 e. The molecule has 0 saturated heterocycles. The molecule has 0 atom stereocenters. The first-order valence-corrected chi connectivity index (χ1v) is 9.98. The number of nitrogens with zero attached hydrogens (tertiary/aromatic N) is 4. The van der Waals surface area contributed by atoms with Gasteiger partial charge in [-0.2, -0.15) is 10.1 Å². The van der Waals surface area contributed by atoms with Gasteiger partial charge in [0.15, 0.2) is 6.61 Å². The van der Waals surface area contributed by atoms with E-state index in [0.29, 0.717) is 29.4 Å². The van der Waals surface area contributed by atoms with E-state index in [2.05, 4.69) is 15.2 Å². The molecule has 2 aromatic heterocycles. The van der Waals surface area contributed by atoms with E-state index in [0.717, 1.165) is 5.69 Å². The Morgan fingerprint density at radius 1 is 1.13 bits per heavy atom. The van der Waals surface area contributed by atoms with Gasteiger partial charge in [0.2, 0.25) is 5.82 Å². The first-order valence-electron chi connectivity index (χ1n) is 9.61. The van der Waals surface area contributed by atoms with Crippen molar-refractivity contribution in [3.05, 3.63) is 76.9 Å². The van der Waals surface area contributed by atoms with Crippen LogP contribution in [0.4, 0.5) is 0 Å². The summed E-state index contributed by atoms with van der Waals surface area (Å²) in [6, 6.07) is 16.6. The monoisotopic (exact) mass is 438 g/mol. The molecule has 0 aliphatic heterocycles. The first kappa shape index (κ1) is 20.6. The molecule has 0 fully saturated rings. The highest BCUT2D eigenvalue weighted by Gasteiger charge is 2.23. The van der Waals surface area contributed by atoms with Gasteiger partial charge in [-0.05, 0) is 38.1 Å². The summed E-state index contributed by atoms with van der Waals surface area (Å²) in [6.45, 7) is 3.90. The van der Waals surface area contributed by atoms with E-state index >= 15 is 0 Å². The van der Waals surface area contributed by atoms with Crippen LogP contribution in [0.3, 0.4) is 0 Å². The van der Waals surface area contributed by atoms with Crippen LogP contribution < -0.4 is 4.74 Å². The normalized spacial score (nSPS) is 10.8. The Labute approximate surface area is 183 Å². The molecule has 0 aliphatic rings. The Balaban J connectivity index is 1.49. The lowest BCUT2D eigenvalue weighted by molar-refractivity contribution is 0.0429. The van der Waals surface area contributed by atoms with Crippen LogP contribution in [0, 0.1) is 6.92 Å². The van der Waals surface area contributed by atoms with Crippen LogP contribution in [0.25, 0.3) is 17.1 Å². The van der Waals surface area contributed by atoms with E-state index < -0.39 is 5.97 Å². The van der Waals surface area contributed by atoms with E-state index in [1.807, 2.05) is 61.5 Å². The molecule has 0 amide bonds. The van der Waals surface area contributed by atoms with E-state index in [1.54, 1.807) is 6.92 Å². The van der Waals surface area contributed by atoms with Crippen LogP contribution in [0.2, 0.25) is 5.15 Å². The number of para-hydroxylation sites is 2. The number of hydrogen-bond acceptors (Lipinski definition) is 7. The van der Waals surface area contributed by atoms with Crippen molar-refractivity contribution >= 4 is 17.6 Å². The molecule has 2 aromatic carbocycles. The predicted octanol–water partition coefficient (Wildman–Crippen LogP) is 4.64. The number of carbonyl (C=O) groups is 1. The van der Waals surface area contributed by atoms with Gasteiger partial charge in [0.05, 0.1) is 23.6 Å². The molecule has 158 valence electrons. The quantitative estimate of drug-likeness (QED) is 0.388. The van der Waals surface area contributed by atoms with Crippen LogP contribution >= 0.6 is 11.6 Å². The molecule has 9 heteroatoms. The van der Waals surface area contributed by atoms with Gasteiger partial charge < -0.3 is 14.0 Å². The summed E-state index contributed by atoms with van der Waals surface area (Å²) in [7, 11) is 0. The topological polar surface area (TPSA) is 92.3 Å². The molecule has 0 radical (unpaired) electrons. The van der Waals surface area contributed by atoms with Crippen molar-refractivity contribution in [3.63, 3.8) is 0 Å². The summed E-state index contributed by atoms with van der Waals surface area (Å²) < 4.78 is 17.7. The lowest BCUT2D eigenvalue weighted by Gasteiger charge is -2.06. The average molecular weight is 439 g/mol. The molecule has 8 nitrogen and oxygen atoms in total. The lowest BCUT2D eigenvalue weighted by Crippen LogP contribution is -2.07. The Kier molecular flexibility index (Phi) is 5.99. The minimum absolute atomic E-state index is 0.152. The third kappa shape index (κ3) is 4.29. The summed E-state index contributed by atoms with van der Waals surface area (Å²) in [5, 5.41) is 8.48. The number of hydrogen-bond donors (Lipinski definition) is 0. The van der Waals surface area contributed by atoms with Gasteiger partial charge in [0, 0.05) is 0 Å². The molecular formula is C22H19ClN4O4. The third-order valence-electron chi connectivity index (χ3n) is 4.43. The summed E-state index contributed by atoms with van der Waals surface area (Å²) in [4.78, 5) is 16.9. The van der Waals surface area contributed by atoms with Crippen molar-refractivity contribution in [1.82, 2.24) is 19.9 Å². The molecule has 0 bridgehead atoms. The number of halogens is 1. The van der Waals surface area contributed by atoms with Gasteiger partial charge in [-0.15, -0.1) is 0 Å². The van der Waals surface area contributed by atoms with Crippen molar-refractivity contribution in [2.75, 3.05) is 6.61 Å². The van der Waals surface area contributed by atoms with Gasteiger partial charge in [-0.1, -0.05) is 47.1 Å². The minimum atomic E-state index is -0.626. The predicted molar refractivity (Wildman–Crippen MR) is 113 cm³/mol. The van der Waals surface area contributed by atoms with Gasteiger partial charge >= 0.3 is 5.97 Å². The summed E-state index contributed by atoms with van der Waals surface area (Å²) >= 11 is 6.41. The smallest absolute Gasteiger partial charge is 0.343 e. The molecule has 4 aromatic rings. The number of carbonyl (C=O) groups excluding carboxylic acids is 1. The van der Waals surface area contributed by atoms with Crippen LogP contribution in [0.15, 0.2) is 59.1 Å². The Morgan fingerprint density at radius 3 is 2.65 bits per heavy atom. The average Bonchev–Trinajstić information content (AvgIpc) is 3.37. The van der Waals surface area contributed by atoms with Crippen LogP contribution in [0.1, 0.15) is 28.9 Å². The van der Waals surface area contributed by atoms with E-state index in [9.17, 15) is 4.79 Å². The van der Waals surface area contributed by atoms with Crippen molar-refractivity contribution in [2.45, 2.75) is 20.5 Å². The zero-order valence-electron chi connectivity index (χ0n) is 16.9. The molecule has 0 saturated carbocycles. The number of benzene rings is 2. The van der Waals surface area contributed by atoms with Crippen molar-refractivity contribution < 1.29 is 18.8 Å². The van der Waals surface area contributed by atoms with Gasteiger partial charge in [0.25, 0.3) is 5.89 Å². The molecule has 2 heterocycles. The highest BCUT2D eigenvalue weighted by molar-refractivity contribution is 6.33. The second kappa shape index (κ2) is 9.01. The number of aryl methyl sites for hydroxylation is 1. The Bertz CT molecular complexity index is 1200. The number of esters is 1. The number of ether oxygens (including phenoxy) is 2. The second-order valence-electron chi connectivity index (χ2n) is 6.52. The third-order valence-corrected chi connectivity index (χ3v) is 4.78. The summed E-state index contributed by atoms with van der Waals surface area (Å²) in [5.74, 6) is 0.518. The van der Waals surface area contributed by atoms with Crippen LogP contribution in [-0.2, 0) is 11.3 Å². The fraction of sp³-hybridized carbons (Fsp3) is 0.182. The maximum atomic E-state index is 12.7. The molecule has 4 rings (SSSR count). The van der Waals surface area contributed by atoms with Crippen LogP contribution in [-0.4, -0.2) is 32.5 Å². The molecule has 0 aliphatic carbocycles. The zero-order chi connectivity index (χ0) is 21.8. The first-order chi connectivity index (χ1) is 15.1. The molecular weight excluding hydrogens is 420 g/mol. The Morgan fingerprint density at radius 2 is 1.87 bits per heavy atom. The SMILES string of the molecule is CCOc1ccccc1-c1noc(COC(=O)c2c(C)nn(-c3ccccc3)c2Cl)n1. The van der Waals surface area contributed by atoms with E-state index in [1.165, 1.54) is 4.68 Å². The molecule has 0 unspecified atom stereocenters. The molecule has 31 heavy (non-hydrogen) atoms.